The fourth-order valence-corrected chi connectivity index (χ4v) is 2.41. The van der Waals surface area contributed by atoms with Crippen LogP contribution in [0, 0.1) is 6.92 Å². The maximum atomic E-state index is 12.5. The number of methoxy groups -OCH3 is 2. The van der Waals surface area contributed by atoms with Crippen LogP contribution >= 0.6 is 0 Å². The minimum absolute atomic E-state index is 0.273. The molecule has 0 aliphatic rings. The van der Waals surface area contributed by atoms with Gasteiger partial charge in [0.2, 0.25) is 5.95 Å². The molecule has 0 saturated heterocycles. The molecule has 0 aliphatic heterocycles. The third-order valence-electron chi connectivity index (χ3n) is 3.78. The van der Waals surface area contributed by atoms with Crippen molar-refractivity contribution in [3.63, 3.8) is 0 Å². The van der Waals surface area contributed by atoms with Crippen molar-refractivity contribution in [1.82, 2.24) is 9.97 Å². The maximum Gasteiger partial charge on any atom is 0.274 e. The van der Waals surface area contributed by atoms with Crippen LogP contribution in [0.5, 0.6) is 11.5 Å². The molecular formula is C20H20N4O3. The molecule has 0 fully saturated rings. The number of carbonyl (C=O) groups is 1. The number of hydrogen-bond acceptors (Lipinski definition) is 6. The van der Waals surface area contributed by atoms with E-state index in [4.69, 9.17) is 9.47 Å². The largest absolute Gasteiger partial charge is 0.497 e. The molecule has 3 aromatic rings. The third-order valence-corrected chi connectivity index (χ3v) is 3.78. The summed E-state index contributed by atoms with van der Waals surface area (Å²) in [5.74, 6) is 1.51. The van der Waals surface area contributed by atoms with Gasteiger partial charge in [-0.3, -0.25) is 4.79 Å². The minimum atomic E-state index is -0.316. The lowest BCUT2D eigenvalue weighted by atomic mass is 10.2. The Morgan fingerprint density at radius 3 is 1.96 bits per heavy atom. The van der Waals surface area contributed by atoms with Gasteiger partial charge < -0.3 is 20.1 Å². The van der Waals surface area contributed by atoms with Crippen LogP contribution in [0.1, 0.15) is 16.2 Å². The van der Waals surface area contributed by atoms with Gasteiger partial charge in [0.05, 0.1) is 14.2 Å². The zero-order chi connectivity index (χ0) is 19.2. The van der Waals surface area contributed by atoms with E-state index in [1.165, 1.54) is 0 Å². The van der Waals surface area contributed by atoms with Crippen molar-refractivity contribution in [2.24, 2.45) is 0 Å². The highest BCUT2D eigenvalue weighted by Crippen LogP contribution is 2.19. The molecule has 2 N–H and O–H groups in total. The summed E-state index contributed by atoms with van der Waals surface area (Å²) >= 11 is 0. The topological polar surface area (TPSA) is 85.4 Å². The number of nitrogens with one attached hydrogen (secondary N) is 2. The van der Waals surface area contributed by atoms with Gasteiger partial charge in [0.25, 0.3) is 5.91 Å². The predicted molar refractivity (Wildman–Crippen MR) is 104 cm³/mol. The smallest absolute Gasteiger partial charge is 0.274 e. The summed E-state index contributed by atoms with van der Waals surface area (Å²) < 4.78 is 10.3. The normalized spacial score (nSPS) is 10.2. The average molecular weight is 364 g/mol. The van der Waals surface area contributed by atoms with Crippen molar-refractivity contribution < 1.29 is 14.3 Å². The van der Waals surface area contributed by atoms with E-state index < -0.39 is 0 Å². The second-order valence-corrected chi connectivity index (χ2v) is 5.75. The van der Waals surface area contributed by atoms with Crippen molar-refractivity contribution in [3.8, 4) is 11.5 Å². The summed E-state index contributed by atoms with van der Waals surface area (Å²) in [6, 6.07) is 16.1. The lowest BCUT2D eigenvalue weighted by Crippen LogP contribution is -2.15. The Hall–Kier alpha value is -3.61. The predicted octanol–water partition coefficient (Wildman–Crippen LogP) is 3.80. The summed E-state index contributed by atoms with van der Waals surface area (Å²) in [5.41, 5.74) is 2.40. The van der Waals surface area contributed by atoms with Gasteiger partial charge in [-0.2, -0.15) is 0 Å². The van der Waals surface area contributed by atoms with E-state index in [1.54, 1.807) is 44.6 Å². The van der Waals surface area contributed by atoms with E-state index in [0.29, 0.717) is 17.3 Å². The van der Waals surface area contributed by atoms with E-state index in [9.17, 15) is 4.79 Å². The first-order valence-corrected chi connectivity index (χ1v) is 8.29. The Bertz CT molecular complexity index is 925. The molecule has 138 valence electrons. The highest BCUT2D eigenvalue weighted by molar-refractivity contribution is 6.03. The monoisotopic (exact) mass is 364 g/mol. The van der Waals surface area contributed by atoms with E-state index >= 15 is 0 Å². The Kier molecular flexibility index (Phi) is 5.51. The van der Waals surface area contributed by atoms with Crippen LogP contribution in [0.15, 0.2) is 54.6 Å². The lowest BCUT2D eigenvalue weighted by molar-refractivity contribution is 0.102. The Labute approximate surface area is 157 Å². The van der Waals surface area contributed by atoms with Gasteiger partial charge in [0.15, 0.2) is 0 Å². The van der Waals surface area contributed by atoms with E-state index in [-0.39, 0.29) is 11.6 Å². The van der Waals surface area contributed by atoms with E-state index in [0.717, 1.165) is 17.2 Å². The van der Waals surface area contributed by atoms with Crippen molar-refractivity contribution in [2.75, 3.05) is 24.9 Å². The SMILES string of the molecule is COc1ccc(NC(=O)c2cc(C)nc(Nc3ccc(OC)cc3)n2)cc1. The van der Waals surface area contributed by atoms with Gasteiger partial charge in [0, 0.05) is 17.1 Å². The maximum absolute atomic E-state index is 12.5. The molecule has 27 heavy (non-hydrogen) atoms. The Morgan fingerprint density at radius 2 is 1.41 bits per heavy atom. The second-order valence-electron chi connectivity index (χ2n) is 5.75. The van der Waals surface area contributed by atoms with Crippen LogP contribution in [-0.4, -0.2) is 30.1 Å². The highest BCUT2D eigenvalue weighted by Gasteiger charge is 2.11. The second kappa shape index (κ2) is 8.18. The molecule has 2 aromatic carbocycles. The molecule has 7 nitrogen and oxygen atoms in total. The van der Waals surface area contributed by atoms with Crippen LogP contribution in [0.4, 0.5) is 17.3 Å². The number of carbonyl (C=O) groups excluding carboxylic acids is 1. The first kappa shape index (κ1) is 18.2. The standard InChI is InChI=1S/C20H20N4O3/c1-13-12-18(19(25)22-14-4-8-16(26-2)9-5-14)24-20(21-13)23-15-6-10-17(27-3)11-7-15/h4-12H,1-3H3,(H,22,25)(H,21,23,24). The Balaban J connectivity index is 1.75. The van der Waals surface area contributed by atoms with Crippen LogP contribution in [0.3, 0.4) is 0 Å². The van der Waals surface area contributed by atoms with Gasteiger partial charge in [-0.05, 0) is 61.5 Å². The van der Waals surface area contributed by atoms with Crippen molar-refractivity contribution >= 4 is 23.2 Å². The van der Waals surface area contributed by atoms with Crippen LogP contribution in [0.25, 0.3) is 0 Å². The molecule has 7 heteroatoms. The molecule has 0 bridgehead atoms. The minimum Gasteiger partial charge on any atom is -0.497 e. The molecule has 0 unspecified atom stereocenters. The molecular weight excluding hydrogens is 344 g/mol. The summed E-state index contributed by atoms with van der Waals surface area (Å²) in [6.45, 7) is 1.81. The molecule has 0 atom stereocenters. The fraction of sp³-hybridized carbons (Fsp3) is 0.150. The van der Waals surface area contributed by atoms with Crippen LogP contribution < -0.4 is 20.1 Å². The Morgan fingerprint density at radius 1 is 0.852 bits per heavy atom. The van der Waals surface area contributed by atoms with Crippen molar-refractivity contribution in [1.29, 1.82) is 0 Å². The molecule has 1 aromatic heterocycles. The van der Waals surface area contributed by atoms with Crippen molar-refractivity contribution in [3.05, 3.63) is 66.0 Å². The van der Waals surface area contributed by atoms with Gasteiger partial charge in [-0.15, -0.1) is 0 Å². The third kappa shape index (κ3) is 4.72. The summed E-state index contributed by atoms with van der Waals surface area (Å²) in [4.78, 5) is 21.2. The first-order valence-electron chi connectivity index (χ1n) is 8.29. The van der Waals surface area contributed by atoms with Crippen molar-refractivity contribution in [2.45, 2.75) is 6.92 Å². The number of ether oxygens (including phenoxy) is 2. The zero-order valence-electron chi connectivity index (χ0n) is 15.3. The summed E-state index contributed by atoms with van der Waals surface area (Å²) in [6.07, 6.45) is 0. The number of hydrogen-bond donors (Lipinski definition) is 2. The van der Waals surface area contributed by atoms with Gasteiger partial charge in [-0.25, -0.2) is 9.97 Å². The zero-order valence-corrected chi connectivity index (χ0v) is 15.3. The highest BCUT2D eigenvalue weighted by atomic mass is 16.5. The van der Waals surface area contributed by atoms with E-state index in [1.807, 2.05) is 31.2 Å². The lowest BCUT2D eigenvalue weighted by Gasteiger charge is -2.10. The summed E-state index contributed by atoms with van der Waals surface area (Å²) in [5, 5.41) is 5.91. The molecule has 0 radical (unpaired) electrons. The molecule has 3 rings (SSSR count). The number of anilines is 3. The number of rotatable bonds is 6. The summed E-state index contributed by atoms with van der Waals surface area (Å²) in [7, 11) is 3.20. The van der Waals surface area contributed by atoms with Crippen LogP contribution in [-0.2, 0) is 0 Å². The number of aromatic nitrogens is 2. The molecule has 0 spiro atoms. The molecule has 1 amide bonds. The molecule has 1 heterocycles. The quantitative estimate of drug-likeness (QED) is 0.692. The number of benzene rings is 2. The van der Waals surface area contributed by atoms with Crippen LogP contribution in [0.2, 0.25) is 0 Å². The van der Waals surface area contributed by atoms with Gasteiger partial charge >= 0.3 is 0 Å². The molecule has 0 aliphatic carbocycles. The average Bonchev–Trinajstić information content (AvgIpc) is 2.68. The van der Waals surface area contributed by atoms with Gasteiger partial charge in [-0.1, -0.05) is 0 Å². The number of nitrogens with zero attached hydrogens (tertiary/aromatic N) is 2. The molecule has 0 saturated carbocycles. The van der Waals surface area contributed by atoms with Gasteiger partial charge in [0.1, 0.15) is 17.2 Å². The fourth-order valence-electron chi connectivity index (χ4n) is 2.41. The first-order chi connectivity index (χ1) is 13.1. The number of aryl methyl sites for hydroxylation is 1. The van der Waals surface area contributed by atoms with E-state index in [2.05, 4.69) is 20.6 Å². The number of amides is 1.